The molecule has 0 spiro atoms. The van der Waals surface area contributed by atoms with E-state index in [0.29, 0.717) is 11.5 Å². The number of nitro groups is 1. The highest BCUT2D eigenvalue weighted by Gasteiger charge is 2.17. The van der Waals surface area contributed by atoms with E-state index in [1.165, 1.54) is 31.0 Å². The maximum absolute atomic E-state index is 10.9. The molecule has 3 rings (SSSR count). The number of methoxy groups -OCH3 is 1. The van der Waals surface area contributed by atoms with Crippen LogP contribution in [0.4, 0.5) is 5.69 Å². The van der Waals surface area contributed by atoms with Crippen molar-refractivity contribution in [1.82, 2.24) is 15.0 Å². The maximum atomic E-state index is 10.9. The summed E-state index contributed by atoms with van der Waals surface area (Å²) in [6, 6.07) is 14.2. The SMILES string of the molecule is C=C/C=C(\C(=C)OC)n1nncc1-c1ccccc1Sc1ccc([N+](=O)[O-])cc1. The largest absolute Gasteiger partial charge is 0.495 e. The zero-order chi connectivity index (χ0) is 20.8. The Morgan fingerprint density at radius 3 is 2.62 bits per heavy atom. The Hall–Kier alpha value is -3.65. The summed E-state index contributed by atoms with van der Waals surface area (Å²) in [5, 5.41) is 19.1. The summed E-state index contributed by atoms with van der Waals surface area (Å²) in [4.78, 5) is 12.3. The third kappa shape index (κ3) is 4.44. The average molecular weight is 406 g/mol. The van der Waals surface area contributed by atoms with Gasteiger partial charge in [0.1, 0.15) is 11.5 Å². The molecule has 8 heteroatoms. The molecule has 0 aliphatic carbocycles. The summed E-state index contributed by atoms with van der Waals surface area (Å²) in [5.74, 6) is 0.428. The minimum atomic E-state index is -0.414. The second kappa shape index (κ2) is 9.03. The van der Waals surface area contributed by atoms with Crippen LogP contribution in [-0.2, 0) is 4.74 Å². The van der Waals surface area contributed by atoms with Gasteiger partial charge in [0, 0.05) is 27.5 Å². The van der Waals surface area contributed by atoms with E-state index in [-0.39, 0.29) is 5.69 Å². The summed E-state index contributed by atoms with van der Waals surface area (Å²) < 4.78 is 6.92. The quantitative estimate of drug-likeness (QED) is 0.221. The number of allylic oxidation sites excluding steroid dienone is 3. The number of non-ortho nitro benzene ring substituents is 1. The predicted octanol–water partition coefficient (Wildman–Crippen LogP) is 5.19. The van der Waals surface area contributed by atoms with Gasteiger partial charge in [0.2, 0.25) is 0 Å². The van der Waals surface area contributed by atoms with Gasteiger partial charge in [-0.25, -0.2) is 4.68 Å². The fraction of sp³-hybridized carbons (Fsp3) is 0.0476. The predicted molar refractivity (Wildman–Crippen MR) is 113 cm³/mol. The third-order valence-corrected chi connectivity index (χ3v) is 5.11. The maximum Gasteiger partial charge on any atom is 0.269 e. The molecule has 0 bridgehead atoms. The van der Waals surface area contributed by atoms with Gasteiger partial charge in [-0.1, -0.05) is 54.4 Å². The molecular weight excluding hydrogens is 388 g/mol. The average Bonchev–Trinajstić information content (AvgIpc) is 3.21. The molecule has 0 amide bonds. The van der Waals surface area contributed by atoms with Crippen molar-refractivity contribution >= 4 is 23.1 Å². The smallest absolute Gasteiger partial charge is 0.269 e. The van der Waals surface area contributed by atoms with Crippen molar-refractivity contribution in [1.29, 1.82) is 0 Å². The van der Waals surface area contributed by atoms with Crippen molar-refractivity contribution in [3.8, 4) is 11.3 Å². The molecule has 3 aromatic rings. The molecule has 0 aliphatic heterocycles. The first-order valence-corrected chi connectivity index (χ1v) is 9.35. The van der Waals surface area contributed by atoms with Crippen molar-refractivity contribution in [2.45, 2.75) is 9.79 Å². The molecule has 0 radical (unpaired) electrons. The van der Waals surface area contributed by atoms with Crippen LogP contribution in [0, 0.1) is 10.1 Å². The first kappa shape index (κ1) is 20.1. The summed E-state index contributed by atoms with van der Waals surface area (Å²) in [6.45, 7) is 7.64. The summed E-state index contributed by atoms with van der Waals surface area (Å²) in [5.41, 5.74) is 2.33. The molecule has 0 aliphatic rings. The molecule has 29 heavy (non-hydrogen) atoms. The summed E-state index contributed by atoms with van der Waals surface area (Å²) in [6.07, 6.45) is 5.04. The minimum Gasteiger partial charge on any atom is -0.495 e. The topological polar surface area (TPSA) is 83.1 Å². The number of nitro benzene ring substituents is 1. The standard InChI is InChI=1S/C21H18N4O3S/c1-4-7-19(15(2)28-3)24-20(14-22-23-24)18-8-5-6-9-21(18)29-17-12-10-16(11-13-17)25(26)27/h4-14H,1-2H2,3H3/b19-7+. The molecule has 0 saturated carbocycles. The van der Waals surface area contributed by atoms with Gasteiger partial charge in [0.25, 0.3) is 5.69 Å². The number of nitrogens with zero attached hydrogens (tertiary/aromatic N) is 4. The monoisotopic (exact) mass is 406 g/mol. The van der Waals surface area contributed by atoms with Crippen LogP contribution in [0.15, 0.2) is 95.6 Å². The van der Waals surface area contributed by atoms with Crippen molar-refractivity contribution in [3.63, 3.8) is 0 Å². The molecule has 0 N–H and O–H groups in total. The normalized spacial score (nSPS) is 11.1. The van der Waals surface area contributed by atoms with Gasteiger partial charge in [0.15, 0.2) is 0 Å². The second-order valence-electron chi connectivity index (χ2n) is 5.80. The van der Waals surface area contributed by atoms with Crippen LogP contribution in [-0.4, -0.2) is 27.0 Å². The number of aromatic nitrogens is 3. The molecule has 2 aromatic carbocycles. The second-order valence-corrected chi connectivity index (χ2v) is 6.91. The van der Waals surface area contributed by atoms with Crippen LogP contribution in [0.1, 0.15) is 0 Å². The Morgan fingerprint density at radius 2 is 1.97 bits per heavy atom. The fourth-order valence-corrected chi connectivity index (χ4v) is 3.58. The van der Waals surface area contributed by atoms with Crippen molar-refractivity contribution in [2.24, 2.45) is 0 Å². The molecule has 146 valence electrons. The Labute approximate surface area is 172 Å². The van der Waals surface area contributed by atoms with Gasteiger partial charge in [0.05, 0.1) is 23.9 Å². The summed E-state index contributed by atoms with van der Waals surface area (Å²) in [7, 11) is 1.54. The lowest BCUT2D eigenvalue weighted by molar-refractivity contribution is -0.384. The molecule has 1 aromatic heterocycles. The van der Waals surface area contributed by atoms with Gasteiger partial charge in [-0.3, -0.25) is 10.1 Å². The molecule has 0 fully saturated rings. The van der Waals surface area contributed by atoms with E-state index in [2.05, 4.69) is 23.5 Å². The third-order valence-electron chi connectivity index (χ3n) is 4.02. The van der Waals surface area contributed by atoms with Gasteiger partial charge in [-0.15, -0.1) is 5.10 Å². The lowest BCUT2D eigenvalue weighted by atomic mass is 10.1. The Balaban J connectivity index is 2.01. The van der Waals surface area contributed by atoms with E-state index in [9.17, 15) is 10.1 Å². The first-order chi connectivity index (χ1) is 14.0. The molecule has 7 nitrogen and oxygen atoms in total. The molecule has 1 heterocycles. The van der Waals surface area contributed by atoms with Crippen LogP contribution < -0.4 is 0 Å². The Kier molecular flexibility index (Phi) is 6.25. The van der Waals surface area contributed by atoms with Gasteiger partial charge >= 0.3 is 0 Å². The highest BCUT2D eigenvalue weighted by molar-refractivity contribution is 7.99. The van der Waals surface area contributed by atoms with E-state index < -0.39 is 4.92 Å². The zero-order valence-electron chi connectivity index (χ0n) is 15.7. The number of hydrogen-bond donors (Lipinski definition) is 0. The highest BCUT2D eigenvalue weighted by Crippen LogP contribution is 2.37. The van der Waals surface area contributed by atoms with E-state index in [1.807, 2.05) is 24.3 Å². The van der Waals surface area contributed by atoms with Crippen LogP contribution in [0.5, 0.6) is 0 Å². The van der Waals surface area contributed by atoms with Gasteiger partial charge in [-0.2, -0.15) is 0 Å². The number of rotatable bonds is 8. The van der Waals surface area contributed by atoms with Crippen LogP contribution in [0.25, 0.3) is 17.0 Å². The Bertz CT molecular complexity index is 1090. The van der Waals surface area contributed by atoms with Gasteiger partial charge in [-0.05, 0) is 24.3 Å². The van der Waals surface area contributed by atoms with E-state index in [1.54, 1.807) is 35.2 Å². The fourth-order valence-electron chi connectivity index (χ4n) is 2.62. The minimum absolute atomic E-state index is 0.0576. The number of hydrogen-bond acceptors (Lipinski definition) is 6. The molecular formula is C21H18N4O3S. The zero-order valence-corrected chi connectivity index (χ0v) is 16.5. The van der Waals surface area contributed by atoms with Crippen LogP contribution >= 0.6 is 11.8 Å². The number of benzene rings is 2. The lowest BCUT2D eigenvalue weighted by Crippen LogP contribution is -2.05. The lowest BCUT2D eigenvalue weighted by Gasteiger charge is -2.14. The van der Waals surface area contributed by atoms with Crippen molar-refractivity contribution in [3.05, 3.63) is 95.9 Å². The van der Waals surface area contributed by atoms with Gasteiger partial charge < -0.3 is 4.74 Å². The van der Waals surface area contributed by atoms with E-state index in [0.717, 1.165) is 21.0 Å². The number of ether oxygens (including phenoxy) is 1. The van der Waals surface area contributed by atoms with E-state index >= 15 is 0 Å². The van der Waals surface area contributed by atoms with Crippen molar-refractivity contribution < 1.29 is 9.66 Å². The van der Waals surface area contributed by atoms with Crippen molar-refractivity contribution in [2.75, 3.05) is 7.11 Å². The highest BCUT2D eigenvalue weighted by atomic mass is 32.2. The van der Waals surface area contributed by atoms with Crippen LogP contribution in [0.3, 0.4) is 0 Å². The molecule has 0 unspecified atom stereocenters. The Morgan fingerprint density at radius 1 is 1.24 bits per heavy atom. The first-order valence-electron chi connectivity index (χ1n) is 8.54. The molecule has 0 saturated heterocycles. The molecule has 0 atom stereocenters. The summed E-state index contributed by atoms with van der Waals surface area (Å²) >= 11 is 1.50. The van der Waals surface area contributed by atoms with E-state index in [4.69, 9.17) is 4.74 Å². The van der Waals surface area contributed by atoms with Crippen LogP contribution in [0.2, 0.25) is 0 Å².